The molecule has 0 saturated carbocycles. The molecule has 164 valence electrons. The summed E-state index contributed by atoms with van der Waals surface area (Å²) in [4.78, 5) is 15.0. The Kier molecular flexibility index (Phi) is 5.20. The molecule has 0 aliphatic carbocycles. The van der Waals surface area contributed by atoms with Gasteiger partial charge in [0.15, 0.2) is 5.76 Å². The number of amides is 1. The zero-order valence-corrected chi connectivity index (χ0v) is 19.0. The topological polar surface area (TPSA) is 70.8 Å². The Morgan fingerprint density at radius 3 is 2.41 bits per heavy atom. The molecule has 1 aromatic heterocycles. The van der Waals surface area contributed by atoms with Gasteiger partial charge in [0, 0.05) is 42.2 Å². The number of sulfonamides is 1. The van der Waals surface area contributed by atoms with Crippen LogP contribution in [-0.2, 0) is 10.0 Å². The number of hydrogen-bond donors (Lipinski definition) is 0. The fourth-order valence-electron chi connectivity index (χ4n) is 4.15. The van der Waals surface area contributed by atoms with E-state index < -0.39 is 10.0 Å². The number of fused-ring (bicyclic) bond motifs is 2. The molecular formula is C24H21ClN2O4S. The third-order valence-corrected chi connectivity index (χ3v) is 8.11. The normalized spacial score (nSPS) is 15.5. The molecule has 0 unspecified atom stereocenters. The van der Waals surface area contributed by atoms with E-state index in [9.17, 15) is 13.2 Å². The Labute approximate surface area is 191 Å². The van der Waals surface area contributed by atoms with E-state index in [1.807, 2.05) is 37.3 Å². The minimum absolute atomic E-state index is 0.228. The van der Waals surface area contributed by atoms with Crippen LogP contribution in [0.25, 0.3) is 21.7 Å². The number of aryl methyl sites for hydroxylation is 1. The third kappa shape index (κ3) is 3.56. The van der Waals surface area contributed by atoms with Crippen molar-refractivity contribution in [1.82, 2.24) is 9.21 Å². The number of furan rings is 1. The highest BCUT2D eigenvalue weighted by molar-refractivity contribution is 7.89. The van der Waals surface area contributed by atoms with Gasteiger partial charge in [-0.25, -0.2) is 8.42 Å². The lowest BCUT2D eigenvalue weighted by Crippen LogP contribution is -2.50. The van der Waals surface area contributed by atoms with Crippen molar-refractivity contribution in [2.24, 2.45) is 0 Å². The molecule has 0 spiro atoms. The van der Waals surface area contributed by atoms with Gasteiger partial charge >= 0.3 is 0 Å². The second kappa shape index (κ2) is 7.92. The molecule has 0 atom stereocenters. The first kappa shape index (κ1) is 21.0. The number of benzene rings is 3. The second-order valence-electron chi connectivity index (χ2n) is 7.90. The molecular weight excluding hydrogens is 448 g/mol. The zero-order chi connectivity index (χ0) is 22.5. The van der Waals surface area contributed by atoms with Gasteiger partial charge in [0.25, 0.3) is 5.91 Å². The summed E-state index contributed by atoms with van der Waals surface area (Å²) in [6.45, 7) is 2.87. The highest BCUT2D eigenvalue weighted by Crippen LogP contribution is 2.29. The molecule has 0 radical (unpaired) electrons. The summed E-state index contributed by atoms with van der Waals surface area (Å²) in [6, 6.07) is 18.1. The zero-order valence-electron chi connectivity index (χ0n) is 17.4. The van der Waals surface area contributed by atoms with Gasteiger partial charge in [-0.1, -0.05) is 41.9 Å². The molecule has 6 nitrogen and oxygen atoms in total. The van der Waals surface area contributed by atoms with Crippen LogP contribution in [-0.4, -0.2) is 49.7 Å². The van der Waals surface area contributed by atoms with Gasteiger partial charge in [-0.2, -0.15) is 4.31 Å². The second-order valence-corrected chi connectivity index (χ2v) is 10.3. The van der Waals surface area contributed by atoms with E-state index in [1.54, 1.807) is 35.2 Å². The molecule has 8 heteroatoms. The van der Waals surface area contributed by atoms with Gasteiger partial charge in [-0.15, -0.1) is 0 Å². The predicted molar refractivity (Wildman–Crippen MR) is 125 cm³/mol. The van der Waals surface area contributed by atoms with Crippen molar-refractivity contribution in [2.45, 2.75) is 11.8 Å². The van der Waals surface area contributed by atoms with Crippen LogP contribution in [0.4, 0.5) is 0 Å². The molecule has 5 rings (SSSR count). The van der Waals surface area contributed by atoms with Crippen molar-refractivity contribution in [1.29, 1.82) is 0 Å². The van der Waals surface area contributed by atoms with Gasteiger partial charge in [0.05, 0.1) is 4.90 Å². The van der Waals surface area contributed by atoms with E-state index in [4.69, 9.17) is 16.0 Å². The van der Waals surface area contributed by atoms with Crippen molar-refractivity contribution >= 4 is 49.3 Å². The van der Waals surface area contributed by atoms with Crippen LogP contribution < -0.4 is 0 Å². The number of piperazine rings is 1. The molecule has 1 amide bonds. The lowest BCUT2D eigenvalue weighted by atomic mass is 10.1. The third-order valence-electron chi connectivity index (χ3n) is 5.98. The number of nitrogens with zero attached hydrogens (tertiary/aromatic N) is 2. The van der Waals surface area contributed by atoms with Crippen LogP contribution in [0.15, 0.2) is 70.0 Å². The molecule has 2 heterocycles. The first-order valence-corrected chi connectivity index (χ1v) is 12.1. The maximum absolute atomic E-state index is 13.2. The van der Waals surface area contributed by atoms with Crippen molar-refractivity contribution in [3.8, 4) is 0 Å². The SMILES string of the molecule is Cc1c(C(=O)N2CCN(S(=O)(=O)c3ccc4ccccc4c3)CC2)oc2ccc(Cl)cc12. The molecule has 4 aromatic rings. The summed E-state index contributed by atoms with van der Waals surface area (Å²) < 4.78 is 33.6. The van der Waals surface area contributed by atoms with Gasteiger partial charge in [-0.3, -0.25) is 4.79 Å². The van der Waals surface area contributed by atoms with Gasteiger partial charge in [-0.05, 0) is 48.0 Å². The quantitative estimate of drug-likeness (QED) is 0.437. The molecule has 1 aliphatic heterocycles. The molecule has 32 heavy (non-hydrogen) atoms. The lowest BCUT2D eigenvalue weighted by molar-refractivity contribution is 0.0667. The van der Waals surface area contributed by atoms with Gasteiger partial charge in [0.2, 0.25) is 10.0 Å². The molecule has 0 bridgehead atoms. The summed E-state index contributed by atoms with van der Waals surface area (Å²) in [5, 5.41) is 3.25. The molecule has 3 aromatic carbocycles. The van der Waals surface area contributed by atoms with E-state index in [0.29, 0.717) is 23.7 Å². The van der Waals surface area contributed by atoms with E-state index in [-0.39, 0.29) is 29.7 Å². The maximum atomic E-state index is 13.2. The molecule has 0 N–H and O–H groups in total. The average Bonchev–Trinajstić information content (AvgIpc) is 3.14. The number of rotatable bonds is 3. The summed E-state index contributed by atoms with van der Waals surface area (Å²) in [6.07, 6.45) is 0. The summed E-state index contributed by atoms with van der Waals surface area (Å²) >= 11 is 6.07. The highest BCUT2D eigenvalue weighted by atomic mass is 35.5. The van der Waals surface area contributed by atoms with Gasteiger partial charge in [0.1, 0.15) is 5.58 Å². The molecule has 1 saturated heterocycles. The largest absolute Gasteiger partial charge is 0.451 e. The Balaban J connectivity index is 1.34. The Morgan fingerprint density at radius 1 is 0.938 bits per heavy atom. The minimum atomic E-state index is -3.64. The van der Waals surface area contributed by atoms with E-state index >= 15 is 0 Å². The average molecular weight is 469 g/mol. The predicted octanol–water partition coefficient (Wildman–Crippen LogP) is 4.69. The highest BCUT2D eigenvalue weighted by Gasteiger charge is 2.32. The minimum Gasteiger partial charge on any atom is -0.451 e. The first-order valence-electron chi connectivity index (χ1n) is 10.3. The van der Waals surface area contributed by atoms with Crippen molar-refractivity contribution < 1.29 is 17.6 Å². The lowest BCUT2D eigenvalue weighted by Gasteiger charge is -2.33. The van der Waals surface area contributed by atoms with Crippen LogP contribution >= 0.6 is 11.6 Å². The van der Waals surface area contributed by atoms with Crippen LogP contribution in [0.1, 0.15) is 16.1 Å². The van der Waals surface area contributed by atoms with Crippen LogP contribution in [0, 0.1) is 6.92 Å². The standard InChI is InChI=1S/C24H21ClN2O4S/c1-16-21-15-19(25)7-9-22(21)31-23(16)24(28)26-10-12-27(13-11-26)32(29,30)20-8-6-17-4-2-3-5-18(17)14-20/h2-9,14-15H,10-13H2,1H3. The number of hydrogen-bond acceptors (Lipinski definition) is 4. The van der Waals surface area contributed by atoms with Crippen LogP contribution in [0.5, 0.6) is 0 Å². The number of halogens is 1. The van der Waals surface area contributed by atoms with E-state index in [0.717, 1.165) is 21.7 Å². The van der Waals surface area contributed by atoms with Crippen molar-refractivity contribution in [3.05, 3.63) is 77.0 Å². The number of carbonyl (C=O) groups excluding carboxylic acids is 1. The Bertz CT molecular complexity index is 1450. The van der Waals surface area contributed by atoms with E-state index in [2.05, 4.69) is 0 Å². The van der Waals surface area contributed by atoms with Crippen LogP contribution in [0.3, 0.4) is 0 Å². The summed E-state index contributed by atoms with van der Waals surface area (Å²) in [7, 11) is -3.64. The Morgan fingerprint density at radius 2 is 1.66 bits per heavy atom. The van der Waals surface area contributed by atoms with Gasteiger partial charge < -0.3 is 9.32 Å². The monoisotopic (exact) mass is 468 g/mol. The fourth-order valence-corrected chi connectivity index (χ4v) is 5.78. The van der Waals surface area contributed by atoms with Crippen LogP contribution in [0.2, 0.25) is 5.02 Å². The smallest absolute Gasteiger partial charge is 0.289 e. The fraction of sp³-hybridized carbons (Fsp3) is 0.208. The molecule has 1 aliphatic rings. The van der Waals surface area contributed by atoms with Crippen molar-refractivity contribution in [3.63, 3.8) is 0 Å². The number of carbonyl (C=O) groups is 1. The maximum Gasteiger partial charge on any atom is 0.289 e. The summed E-state index contributed by atoms with van der Waals surface area (Å²) in [5.41, 5.74) is 1.34. The Hall–Kier alpha value is -2.87. The first-order chi connectivity index (χ1) is 15.3. The van der Waals surface area contributed by atoms with Crippen molar-refractivity contribution in [2.75, 3.05) is 26.2 Å². The molecule has 1 fully saturated rings. The summed E-state index contributed by atoms with van der Waals surface area (Å²) in [5.74, 6) is 0.0330. The van der Waals surface area contributed by atoms with E-state index in [1.165, 1.54) is 4.31 Å².